The van der Waals surface area contributed by atoms with E-state index < -0.39 is 21.7 Å². The highest BCUT2D eigenvalue weighted by Crippen LogP contribution is 2.31. The molecule has 12 heteroatoms. The Bertz CT molecular complexity index is 913. The predicted octanol–water partition coefficient (Wildman–Crippen LogP) is 2.88. The summed E-state index contributed by atoms with van der Waals surface area (Å²) in [6.45, 7) is 2.48. The molecule has 158 valence electrons. The summed E-state index contributed by atoms with van der Waals surface area (Å²) < 4.78 is 11.0. The molecule has 0 aromatic heterocycles. The first-order valence-corrected chi connectivity index (χ1v) is 8.55. The minimum absolute atomic E-state index is 0.0130. The Kier molecular flexibility index (Phi) is 7.22. The van der Waals surface area contributed by atoms with Crippen LogP contribution in [0.2, 0.25) is 0 Å². The summed E-state index contributed by atoms with van der Waals surface area (Å²) >= 11 is 0. The lowest BCUT2D eigenvalue weighted by Crippen LogP contribution is -2.14. The van der Waals surface area contributed by atoms with Gasteiger partial charge in [0.05, 0.1) is 21.2 Å². The Hall–Kier alpha value is -4.22. The van der Waals surface area contributed by atoms with Gasteiger partial charge in [0, 0.05) is 38.1 Å². The summed E-state index contributed by atoms with van der Waals surface area (Å²) in [4.78, 5) is 43.2. The SMILES string of the molecule is CC(=O)Nc1cc([N+](=O)[O-])ccc1OCCOc1ccc([N+](=O)[O-])cc1NC(C)=O. The smallest absolute Gasteiger partial charge is 0.271 e. The molecule has 2 aromatic carbocycles. The maximum Gasteiger partial charge on any atom is 0.271 e. The zero-order chi connectivity index (χ0) is 22.3. The number of rotatable bonds is 9. The van der Waals surface area contributed by atoms with E-state index in [9.17, 15) is 29.8 Å². The fraction of sp³-hybridized carbons (Fsp3) is 0.222. The van der Waals surface area contributed by atoms with E-state index >= 15 is 0 Å². The summed E-state index contributed by atoms with van der Waals surface area (Å²) in [5.74, 6) is -0.458. The normalized spacial score (nSPS) is 10.1. The highest BCUT2D eigenvalue weighted by Gasteiger charge is 2.15. The van der Waals surface area contributed by atoms with E-state index in [4.69, 9.17) is 9.47 Å². The van der Waals surface area contributed by atoms with Crippen molar-refractivity contribution in [2.75, 3.05) is 23.8 Å². The zero-order valence-electron chi connectivity index (χ0n) is 16.0. The molecule has 0 aliphatic heterocycles. The molecular weight excluding hydrogens is 400 g/mol. The van der Waals surface area contributed by atoms with Crippen molar-refractivity contribution in [3.63, 3.8) is 0 Å². The number of nitrogens with one attached hydrogen (secondary N) is 2. The molecule has 0 bridgehead atoms. The fourth-order valence-electron chi connectivity index (χ4n) is 2.39. The summed E-state index contributed by atoms with van der Waals surface area (Å²) in [6.07, 6.45) is 0. The van der Waals surface area contributed by atoms with E-state index in [2.05, 4.69) is 10.6 Å². The van der Waals surface area contributed by atoms with Crippen LogP contribution in [0.1, 0.15) is 13.8 Å². The van der Waals surface area contributed by atoms with Gasteiger partial charge in [-0.1, -0.05) is 0 Å². The molecule has 30 heavy (non-hydrogen) atoms. The zero-order valence-corrected chi connectivity index (χ0v) is 16.0. The van der Waals surface area contributed by atoms with Crippen LogP contribution in [0.5, 0.6) is 11.5 Å². The molecule has 12 nitrogen and oxygen atoms in total. The van der Waals surface area contributed by atoms with Gasteiger partial charge in [0.1, 0.15) is 24.7 Å². The van der Waals surface area contributed by atoms with Gasteiger partial charge >= 0.3 is 0 Å². The van der Waals surface area contributed by atoms with Crippen LogP contribution in [0.4, 0.5) is 22.7 Å². The minimum atomic E-state index is -0.601. The Morgan fingerprint density at radius 3 is 1.47 bits per heavy atom. The molecule has 0 aliphatic carbocycles. The second kappa shape index (κ2) is 9.82. The Labute approximate surface area is 170 Å². The van der Waals surface area contributed by atoms with Crippen LogP contribution in [-0.2, 0) is 9.59 Å². The van der Waals surface area contributed by atoms with E-state index in [1.54, 1.807) is 0 Å². The van der Waals surface area contributed by atoms with E-state index in [0.717, 1.165) is 0 Å². The number of amides is 2. The van der Waals surface area contributed by atoms with Crippen molar-refractivity contribution >= 4 is 34.6 Å². The molecule has 0 atom stereocenters. The third-order valence-electron chi connectivity index (χ3n) is 3.57. The molecule has 0 fully saturated rings. The number of nitrogens with zero attached hydrogens (tertiary/aromatic N) is 2. The first-order valence-electron chi connectivity index (χ1n) is 8.55. The van der Waals surface area contributed by atoms with Crippen LogP contribution < -0.4 is 20.1 Å². The summed E-state index contributed by atoms with van der Waals surface area (Å²) in [5.41, 5.74) is -0.168. The molecule has 2 rings (SSSR count). The number of carbonyl (C=O) groups is 2. The standard InChI is InChI=1S/C18H18N4O8/c1-11(23)19-15-9-13(21(25)26)3-5-17(15)29-7-8-30-18-6-4-14(22(27)28)10-16(18)20-12(2)24/h3-6,9-10H,7-8H2,1-2H3,(H,19,23)(H,20,24). The number of nitro groups is 2. The number of hydrogen-bond acceptors (Lipinski definition) is 8. The van der Waals surface area contributed by atoms with Crippen molar-refractivity contribution in [3.05, 3.63) is 56.6 Å². The van der Waals surface area contributed by atoms with Crippen molar-refractivity contribution in [1.82, 2.24) is 0 Å². The number of nitro benzene ring substituents is 2. The van der Waals surface area contributed by atoms with Gasteiger partial charge in [-0.3, -0.25) is 29.8 Å². The minimum Gasteiger partial charge on any atom is -0.488 e. The largest absolute Gasteiger partial charge is 0.488 e. The number of anilines is 2. The molecular formula is C18H18N4O8. The average Bonchev–Trinajstić information content (AvgIpc) is 2.65. The monoisotopic (exact) mass is 418 g/mol. The van der Waals surface area contributed by atoms with Crippen LogP contribution >= 0.6 is 0 Å². The van der Waals surface area contributed by atoms with E-state index in [0.29, 0.717) is 0 Å². The summed E-state index contributed by atoms with van der Waals surface area (Å²) in [6, 6.07) is 7.49. The maximum atomic E-state index is 11.3. The van der Waals surface area contributed by atoms with Gasteiger partial charge in [-0.15, -0.1) is 0 Å². The van der Waals surface area contributed by atoms with Crippen molar-refractivity contribution < 1.29 is 28.9 Å². The number of benzene rings is 2. The molecule has 0 unspecified atom stereocenters. The first-order chi connectivity index (χ1) is 14.2. The molecule has 2 aromatic rings. The highest BCUT2D eigenvalue weighted by atomic mass is 16.6. The van der Waals surface area contributed by atoms with Gasteiger partial charge < -0.3 is 20.1 Å². The Balaban J connectivity index is 2.07. The molecule has 0 saturated carbocycles. The number of carbonyl (C=O) groups excluding carboxylic acids is 2. The fourth-order valence-corrected chi connectivity index (χ4v) is 2.39. The third kappa shape index (κ3) is 6.15. The molecule has 2 N–H and O–H groups in total. The van der Waals surface area contributed by atoms with E-state index in [1.807, 2.05) is 0 Å². The van der Waals surface area contributed by atoms with E-state index in [-0.39, 0.29) is 47.5 Å². The molecule has 0 radical (unpaired) electrons. The second-order valence-corrected chi connectivity index (χ2v) is 5.93. The molecule has 0 saturated heterocycles. The van der Waals surface area contributed by atoms with Crippen LogP contribution in [0, 0.1) is 20.2 Å². The topological polar surface area (TPSA) is 163 Å². The van der Waals surface area contributed by atoms with Crippen molar-refractivity contribution in [2.24, 2.45) is 0 Å². The van der Waals surface area contributed by atoms with Gasteiger partial charge in [-0.25, -0.2) is 0 Å². The van der Waals surface area contributed by atoms with Crippen molar-refractivity contribution in [1.29, 1.82) is 0 Å². The molecule has 2 amide bonds. The first kappa shape index (κ1) is 22.1. The van der Waals surface area contributed by atoms with Crippen molar-refractivity contribution in [2.45, 2.75) is 13.8 Å². The number of non-ortho nitro benzene ring substituents is 2. The van der Waals surface area contributed by atoms with Crippen LogP contribution in [0.3, 0.4) is 0 Å². The lowest BCUT2D eigenvalue weighted by molar-refractivity contribution is -0.385. The Morgan fingerprint density at radius 1 is 0.800 bits per heavy atom. The third-order valence-corrected chi connectivity index (χ3v) is 3.57. The maximum absolute atomic E-state index is 11.3. The van der Waals surface area contributed by atoms with E-state index in [1.165, 1.54) is 50.2 Å². The van der Waals surface area contributed by atoms with Crippen LogP contribution in [-0.4, -0.2) is 34.9 Å². The van der Waals surface area contributed by atoms with Crippen LogP contribution in [0.25, 0.3) is 0 Å². The average molecular weight is 418 g/mol. The highest BCUT2D eigenvalue weighted by molar-refractivity contribution is 5.91. The predicted molar refractivity (Wildman–Crippen MR) is 106 cm³/mol. The lowest BCUT2D eigenvalue weighted by atomic mass is 10.2. The van der Waals surface area contributed by atoms with Crippen molar-refractivity contribution in [3.8, 4) is 11.5 Å². The lowest BCUT2D eigenvalue weighted by Gasteiger charge is -2.14. The second-order valence-electron chi connectivity index (χ2n) is 5.93. The summed E-state index contributed by atoms with van der Waals surface area (Å²) in [5, 5.41) is 26.7. The Morgan fingerprint density at radius 2 is 1.17 bits per heavy atom. The van der Waals surface area contributed by atoms with Gasteiger partial charge in [0.25, 0.3) is 11.4 Å². The van der Waals surface area contributed by atoms with Crippen LogP contribution in [0.15, 0.2) is 36.4 Å². The van der Waals surface area contributed by atoms with Gasteiger partial charge in [0.15, 0.2) is 0 Å². The van der Waals surface area contributed by atoms with Gasteiger partial charge in [0.2, 0.25) is 11.8 Å². The molecule has 0 spiro atoms. The number of hydrogen-bond donors (Lipinski definition) is 2. The van der Waals surface area contributed by atoms with Gasteiger partial charge in [-0.2, -0.15) is 0 Å². The molecule has 0 heterocycles. The quantitative estimate of drug-likeness (QED) is 0.357. The summed E-state index contributed by atoms with van der Waals surface area (Å²) in [7, 11) is 0. The molecule has 0 aliphatic rings. The number of ether oxygens (including phenoxy) is 2. The van der Waals surface area contributed by atoms with Gasteiger partial charge in [-0.05, 0) is 12.1 Å².